The van der Waals surface area contributed by atoms with E-state index in [1.807, 2.05) is 0 Å². The molecular weight excluding hydrogens is 448 g/mol. The van der Waals surface area contributed by atoms with Gasteiger partial charge in [0.2, 0.25) is 5.91 Å². The number of aliphatic hydroxyl groups is 1. The molecular formula is C28H39F2N3O2. The molecule has 0 bridgehead atoms. The van der Waals surface area contributed by atoms with E-state index in [1.54, 1.807) is 0 Å². The van der Waals surface area contributed by atoms with Gasteiger partial charge in [0.05, 0.1) is 12.1 Å². The summed E-state index contributed by atoms with van der Waals surface area (Å²) in [7, 11) is 0. The quantitative estimate of drug-likeness (QED) is 0.440. The highest BCUT2D eigenvalue weighted by Gasteiger charge is 2.34. The first-order valence-electron chi connectivity index (χ1n) is 12.3. The van der Waals surface area contributed by atoms with E-state index >= 15 is 0 Å². The molecule has 1 heterocycles. The second kappa shape index (κ2) is 10.6. The molecule has 1 amide bonds. The van der Waals surface area contributed by atoms with Crippen molar-refractivity contribution in [2.24, 2.45) is 5.41 Å². The molecule has 0 fully saturated rings. The molecule has 0 aromatic heterocycles. The van der Waals surface area contributed by atoms with Crippen molar-refractivity contribution in [3.05, 3.63) is 64.2 Å². The van der Waals surface area contributed by atoms with Crippen molar-refractivity contribution in [3.8, 4) is 0 Å². The fourth-order valence-corrected chi connectivity index (χ4v) is 5.00. The smallest absolute Gasteiger partial charge is 0.217 e. The fourth-order valence-electron chi connectivity index (χ4n) is 5.00. The average molecular weight is 488 g/mol. The van der Waals surface area contributed by atoms with E-state index in [9.17, 15) is 18.7 Å². The summed E-state index contributed by atoms with van der Waals surface area (Å²) in [5, 5.41) is 20.8. The van der Waals surface area contributed by atoms with E-state index < -0.39 is 23.8 Å². The molecule has 3 rings (SSSR count). The first kappa shape index (κ1) is 27.1. The van der Waals surface area contributed by atoms with Crippen LogP contribution in [0.1, 0.15) is 63.3 Å². The number of aliphatic hydroxyl groups excluding tert-OH is 1. The first-order chi connectivity index (χ1) is 16.3. The number of amides is 1. The number of hydrogen-bond donors (Lipinski definition) is 4. The highest BCUT2D eigenvalue weighted by Crippen LogP contribution is 2.39. The third-order valence-corrected chi connectivity index (χ3v) is 6.58. The highest BCUT2D eigenvalue weighted by atomic mass is 19.1. The van der Waals surface area contributed by atoms with Crippen LogP contribution in [0.15, 0.2) is 30.3 Å². The van der Waals surface area contributed by atoms with Gasteiger partial charge in [-0.15, -0.1) is 0 Å². The summed E-state index contributed by atoms with van der Waals surface area (Å²) in [5.41, 5.74) is 4.90. The Labute approximate surface area is 207 Å². The molecule has 1 aliphatic rings. The Morgan fingerprint density at radius 2 is 1.80 bits per heavy atom. The van der Waals surface area contributed by atoms with Crippen LogP contribution in [0.25, 0.3) is 0 Å². The molecule has 35 heavy (non-hydrogen) atoms. The Bertz CT molecular complexity index is 1050. The molecule has 2 aromatic carbocycles. The van der Waals surface area contributed by atoms with Crippen molar-refractivity contribution in [1.82, 2.24) is 10.6 Å². The van der Waals surface area contributed by atoms with Crippen LogP contribution in [0.5, 0.6) is 0 Å². The van der Waals surface area contributed by atoms with Crippen molar-refractivity contribution in [3.63, 3.8) is 0 Å². The molecule has 3 atom stereocenters. The minimum atomic E-state index is -0.959. The van der Waals surface area contributed by atoms with Crippen LogP contribution in [-0.2, 0) is 23.2 Å². The van der Waals surface area contributed by atoms with Gasteiger partial charge in [-0.1, -0.05) is 32.9 Å². The van der Waals surface area contributed by atoms with Crippen LogP contribution in [-0.4, -0.2) is 36.2 Å². The number of hydrogen-bond acceptors (Lipinski definition) is 4. The molecule has 192 valence electrons. The van der Waals surface area contributed by atoms with Gasteiger partial charge >= 0.3 is 0 Å². The number of anilines is 1. The van der Waals surface area contributed by atoms with Gasteiger partial charge < -0.3 is 21.1 Å². The van der Waals surface area contributed by atoms with Crippen LogP contribution in [0.4, 0.5) is 14.5 Å². The summed E-state index contributed by atoms with van der Waals surface area (Å²) in [6, 6.07) is 7.05. The predicted octanol–water partition coefficient (Wildman–Crippen LogP) is 4.59. The van der Waals surface area contributed by atoms with Crippen LogP contribution in [0, 0.1) is 24.0 Å². The van der Waals surface area contributed by atoms with Crippen molar-refractivity contribution >= 4 is 11.6 Å². The van der Waals surface area contributed by atoms with Gasteiger partial charge in [0.25, 0.3) is 0 Å². The molecule has 7 heteroatoms. The molecule has 4 N–H and O–H groups in total. The summed E-state index contributed by atoms with van der Waals surface area (Å²) in [5.74, 6) is -1.68. The summed E-state index contributed by atoms with van der Waals surface area (Å²) < 4.78 is 27.4. The topological polar surface area (TPSA) is 73.4 Å². The molecule has 0 aliphatic carbocycles. The van der Waals surface area contributed by atoms with Gasteiger partial charge in [0, 0.05) is 37.3 Å². The Hall–Kier alpha value is -2.51. The Morgan fingerprint density at radius 3 is 2.40 bits per heavy atom. The molecule has 0 saturated heterocycles. The largest absolute Gasteiger partial charge is 0.390 e. The number of fused-ring (bicyclic) bond motifs is 1. The molecule has 0 saturated carbocycles. The van der Waals surface area contributed by atoms with E-state index in [4.69, 9.17) is 0 Å². The van der Waals surface area contributed by atoms with Gasteiger partial charge in [0.15, 0.2) is 0 Å². The zero-order valence-corrected chi connectivity index (χ0v) is 21.7. The summed E-state index contributed by atoms with van der Waals surface area (Å²) in [6.07, 6.45) is 0.930. The number of nitrogens with one attached hydrogen (secondary N) is 3. The molecule has 2 aromatic rings. The standard InChI is InChI=1S/C28H39F2N3O2/c1-17-9-20(15-27(3,4)5)12-23-26(17)31-8-7-28(23,6)32-16-25(35)24(33-18(2)34)13-19-10-21(29)14-22(30)11-19/h9-12,14,24-25,31-32,35H,7-8,13,15-16H2,1-6H3,(H,33,34)/t24-,25-,28?/m0/s1. The third-order valence-electron chi connectivity index (χ3n) is 6.58. The van der Waals surface area contributed by atoms with Gasteiger partial charge in [-0.3, -0.25) is 4.79 Å². The third kappa shape index (κ3) is 7.24. The monoisotopic (exact) mass is 487 g/mol. The van der Waals surface area contributed by atoms with Crippen LogP contribution in [0.3, 0.4) is 0 Å². The lowest BCUT2D eigenvalue weighted by Gasteiger charge is -2.40. The Morgan fingerprint density at radius 1 is 1.14 bits per heavy atom. The average Bonchev–Trinajstić information content (AvgIpc) is 2.70. The van der Waals surface area contributed by atoms with Crippen molar-refractivity contribution in [2.45, 2.75) is 78.5 Å². The van der Waals surface area contributed by atoms with Crippen molar-refractivity contribution < 1.29 is 18.7 Å². The lowest BCUT2D eigenvalue weighted by molar-refractivity contribution is -0.120. The first-order valence-corrected chi connectivity index (χ1v) is 12.3. The molecule has 1 unspecified atom stereocenters. The van der Waals surface area contributed by atoms with E-state index in [2.05, 4.69) is 62.7 Å². The summed E-state index contributed by atoms with van der Waals surface area (Å²) >= 11 is 0. The molecule has 0 spiro atoms. The van der Waals surface area contributed by atoms with Gasteiger partial charge in [-0.25, -0.2) is 8.78 Å². The molecule has 0 radical (unpaired) electrons. The number of carbonyl (C=O) groups excluding carboxylic acids is 1. The van der Waals surface area contributed by atoms with Crippen LogP contribution < -0.4 is 16.0 Å². The number of halogens is 2. The summed E-state index contributed by atoms with van der Waals surface area (Å²) in [4.78, 5) is 11.8. The van der Waals surface area contributed by atoms with Gasteiger partial charge in [0.1, 0.15) is 11.6 Å². The van der Waals surface area contributed by atoms with E-state index in [1.165, 1.54) is 35.7 Å². The SMILES string of the molecule is CC(=O)N[C@@H](Cc1cc(F)cc(F)c1)[C@@H](O)CNC1(C)CCNc2c(C)cc(CC(C)(C)C)cc21. The Kier molecular flexibility index (Phi) is 8.22. The number of aryl methyl sites for hydroxylation is 1. The Balaban J connectivity index is 1.81. The lowest BCUT2D eigenvalue weighted by atomic mass is 9.79. The normalized spacial score (nSPS) is 19.5. The molecule has 5 nitrogen and oxygen atoms in total. The summed E-state index contributed by atoms with van der Waals surface area (Å²) in [6.45, 7) is 13.3. The number of rotatable bonds is 8. The zero-order chi connectivity index (χ0) is 26.0. The maximum atomic E-state index is 13.7. The highest BCUT2D eigenvalue weighted by molar-refractivity contribution is 5.73. The van der Waals surface area contributed by atoms with Crippen LogP contribution in [0.2, 0.25) is 0 Å². The molecule has 1 aliphatic heterocycles. The maximum Gasteiger partial charge on any atom is 0.217 e. The maximum absolute atomic E-state index is 13.7. The second-order valence-electron chi connectivity index (χ2n) is 11.3. The van der Waals surface area contributed by atoms with Gasteiger partial charge in [-0.05, 0) is 72.9 Å². The van der Waals surface area contributed by atoms with Crippen molar-refractivity contribution in [2.75, 3.05) is 18.4 Å². The van der Waals surface area contributed by atoms with Gasteiger partial charge in [-0.2, -0.15) is 0 Å². The van der Waals surface area contributed by atoms with Crippen LogP contribution >= 0.6 is 0 Å². The van der Waals surface area contributed by atoms with E-state index in [-0.39, 0.29) is 29.8 Å². The predicted molar refractivity (Wildman–Crippen MR) is 136 cm³/mol. The number of benzene rings is 2. The van der Waals surface area contributed by atoms with E-state index in [0.717, 1.165) is 31.1 Å². The zero-order valence-electron chi connectivity index (χ0n) is 21.7. The fraction of sp³-hybridized carbons (Fsp3) is 0.536. The lowest BCUT2D eigenvalue weighted by Crippen LogP contribution is -2.53. The van der Waals surface area contributed by atoms with E-state index in [0.29, 0.717) is 5.56 Å². The van der Waals surface area contributed by atoms with Crippen molar-refractivity contribution in [1.29, 1.82) is 0 Å². The second-order valence-corrected chi connectivity index (χ2v) is 11.3. The minimum absolute atomic E-state index is 0.112. The number of carbonyl (C=O) groups is 1. The minimum Gasteiger partial charge on any atom is -0.390 e.